The maximum atomic E-state index is 12.6. The highest BCUT2D eigenvalue weighted by Crippen LogP contribution is 2.22. The van der Waals surface area contributed by atoms with Crippen molar-refractivity contribution in [3.8, 4) is 0 Å². The van der Waals surface area contributed by atoms with E-state index in [0.29, 0.717) is 24.2 Å². The number of nitrogens with one attached hydrogen (secondary N) is 2. The van der Waals surface area contributed by atoms with Gasteiger partial charge in [-0.25, -0.2) is 9.59 Å². The van der Waals surface area contributed by atoms with Crippen LogP contribution in [0.3, 0.4) is 0 Å². The van der Waals surface area contributed by atoms with Crippen LogP contribution in [0.4, 0.5) is 15.3 Å². The van der Waals surface area contributed by atoms with Crippen molar-refractivity contribution >= 4 is 35.5 Å². The number of ether oxygens (including phenoxy) is 2. The van der Waals surface area contributed by atoms with E-state index >= 15 is 0 Å². The van der Waals surface area contributed by atoms with E-state index in [9.17, 15) is 19.2 Å². The molecule has 0 aromatic heterocycles. The third-order valence-corrected chi connectivity index (χ3v) is 4.29. The van der Waals surface area contributed by atoms with Crippen LogP contribution in [0.2, 0.25) is 0 Å². The highest BCUT2D eigenvalue weighted by molar-refractivity contribution is 6.04. The molecular weight excluding hydrogens is 394 g/mol. The molecule has 1 aliphatic heterocycles. The number of carbonyl (C=O) groups excluding carboxylic acids is 4. The number of urea groups is 1. The number of hydrogen-bond donors (Lipinski definition) is 3. The molecule has 0 aliphatic carbocycles. The van der Waals surface area contributed by atoms with Crippen molar-refractivity contribution in [2.45, 2.75) is 25.8 Å². The van der Waals surface area contributed by atoms with Crippen molar-refractivity contribution in [2.24, 2.45) is 10.7 Å². The van der Waals surface area contributed by atoms with Gasteiger partial charge in [-0.2, -0.15) is 4.99 Å². The van der Waals surface area contributed by atoms with Gasteiger partial charge in [-0.1, -0.05) is 0 Å². The summed E-state index contributed by atoms with van der Waals surface area (Å²) in [6.45, 7) is 2.53. The molecule has 0 radical (unpaired) electrons. The van der Waals surface area contributed by atoms with Crippen LogP contribution in [0, 0.1) is 0 Å². The molecule has 0 bridgehead atoms. The maximum absolute atomic E-state index is 12.6. The molecule has 4 N–H and O–H groups in total. The molecule has 1 aromatic rings. The van der Waals surface area contributed by atoms with E-state index < -0.39 is 24.1 Å². The molecule has 0 spiro atoms. The lowest BCUT2D eigenvalue weighted by atomic mass is 10.2. The molecule has 30 heavy (non-hydrogen) atoms. The zero-order chi connectivity index (χ0) is 22.1. The van der Waals surface area contributed by atoms with E-state index in [1.54, 1.807) is 36.1 Å². The zero-order valence-electron chi connectivity index (χ0n) is 16.8. The molecule has 1 aliphatic rings. The summed E-state index contributed by atoms with van der Waals surface area (Å²) in [5, 5.41) is 5.14. The van der Waals surface area contributed by atoms with Gasteiger partial charge in [0.15, 0.2) is 0 Å². The molecule has 1 saturated heterocycles. The third-order valence-electron chi connectivity index (χ3n) is 4.29. The van der Waals surface area contributed by atoms with Gasteiger partial charge in [-0.3, -0.25) is 9.59 Å². The largest absolute Gasteiger partial charge is 0.466 e. The predicted molar refractivity (Wildman–Crippen MR) is 108 cm³/mol. The lowest BCUT2D eigenvalue weighted by Crippen LogP contribution is -2.46. The Labute approximate surface area is 173 Å². The lowest BCUT2D eigenvalue weighted by Gasteiger charge is -2.18. The third kappa shape index (κ3) is 6.19. The Kier molecular flexibility index (Phi) is 8.15. The Morgan fingerprint density at radius 1 is 1.27 bits per heavy atom. The molecule has 11 heteroatoms. The summed E-state index contributed by atoms with van der Waals surface area (Å²) >= 11 is 0. The summed E-state index contributed by atoms with van der Waals surface area (Å²) in [6.07, 6.45) is -0.306. The molecule has 1 unspecified atom stereocenters. The Hall–Kier alpha value is -3.63. The van der Waals surface area contributed by atoms with Gasteiger partial charge in [0, 0.05) is 24.3 Å². The normalized spacial score (nSPS) is 16.2. The number of esters is 1. The second-order valence-corrected chi connectivity index (χ2v) is 6.30. The highest BCUT2D eigenvalue weighted by Gasteiger charge is 2.33. The van der Waals surface area contributed by atoms with Gasteiger partial charge in [-0.05, 0) is 37.6 Å². The van der Waals surface area contributed by atoms with Gasteiger partial charge in [0.1, 0.15) is 11.9 Å². The lowest BCUT2D eigenvalue weighted by molar-refractivity contribution is -0.142. The Bertz CT molecular complexity index is 823. The minimum absolute atomic E-state index is 0.000168. The van der Waals surface area contributed by atoms with Crippen LogP contribution in [-0.2, 0) is 19.1 Å². The average Bonchev–Trinajstić information content (AvgIpc) is 3.08. The van der Waals surface area contributed by atoms with E-state index in [4.69, 9.17) is 10.5 Å². The minimum Gasteiger partial charge on any atom is -0.466 e. The number of methoxy groups -OCH3 is 1. The quantitative estimate of drug-likeness (QED) is 0.331. The SMILES string of the molecule is CCOC(=O)CCNC(=O)NC1CCN(c2ccc(/C(N)=N/C(=O)OC)cc2)C1=O. The molecule has 4 amide bonds. The summed E-state index contributed by atoms with van der Waals surface area (Å²) in [6, 6.07) is 5.42. The number of carbonyl (C=O) groups is 4. The fraction of sp³-hybridized carbons (Fsp3) is 0.421. The van der Waals surface area contributed by atoms with Crippen LogP contribution in [-0.4, -0.2) is 62.7 Å². The van der Waals surface area contributed by atoms with Gasteiger partial charge in [0.2, 0.25) is 5.91 Å². The summed E-state index contributed by atoms with van der Waals surface area (Å²) < 4.78 is 9.21. The highest BCUT2D eigenvalue weighted by atomic mass is 16.5. The summed E-state index contributed by atoms with van der Waals surface area (Å²) in [5.41, 5.74) is 6.87. The Balaban J connectivity index is 1.89. The molecule has 0 saturated carbocycles. The van der Waals surface area contributed by atoms with E-state index in [1.807, 2.05) is 0 Å². The number of anilines is 1. The Morgan fingerprint density at radius 2 is 1.97 bits per heavy atom. The van der Waals surface area contributed by atoms with Gasteiger partial charge in [-0.15, -0.1) is 0 Å². The first-order valence-corrected chi connectivity index (χ1v) is 9.39. The van der Waals surface area contributed by atoms with E-state index in [-0.39, 0.29) is 31.3 Å². The van der Waals surface area contributed by atoms with E-state index in [2.05, 4.69) is 20.4 Å². The first-order chi connectivity index (χ1) is 14.3. The van der Waals surface area contributed by atoms with Crippen LogP contribution in [0.25, 0.3) is 0 Å². The molecule has 1 fully saturated rings. The number of nitrogens with two attached hydrogens (primary N) is 1. The van der Waals surface area contributed by atoms with Crippen molar-refractivity contribution in [1.29, 1.82) is 0 Å². The second-order valence-electron chi connectivity index (χ2n) is 6.30. The fourth-order valence-electron chi connectivity index (χ4n) is 2.81. The average molecular weight is 419 g/mol. The van der Waals surface area contributed by atoms with Gasteiger partial charge < -0.3 is 30.7 Å². The van der Waals surface area contributed by atoms with Gasteiger partial charge >= 0.3 is 18.1 Å². The van der Waals surface area contributed by atoms with Crippen molar-refractivity contribution in [1.82, 2.24) is 10.6 Å². The van der Waals surface area contributed by atoms with E-state index in [0.717, 1.165) is 0 Å². The van der Waals surface area contributed by atoms with Crippen molar-refractivity contribution in [3.05, 3.63) is 29.8 Å². The van der Waals surface area contributed by atoms with Crippen molar-refractivity contribution in [2.75, 3.05) is 31.7 Å². The zero-order valence-corrected chi connectivity index (χ0v) is 16.8. The molecule has 1 heterocycles. The summed E-state index contributed by atoms with van der Waals surface area (Å²) in [4.78, 5) is 52.1. The fourth-order valence-corrected chi connectivity index (χ4v) is 2.81. The number of rotatable bonds is 7. The van der Waals surface area contributed by atoms with Crippen LogP contribution < -0.4 is 21.3 Å². The molecule has 1 atom stereocenters. The van der Waals surface area contributed by atoms with Crippen LogP contribution in [0.1, 0.15) is 25.3 Å². The molecule has 1 aromatic carbocycles. The number of amides is 4. The van der Waals surface area contributed by atoms with Crippen LogP contribution in [0.5, 0.6) is 0 Å². The smallest absolute Gasteiger partial charge is 0.435 e. The maximum Gasteiger partial charge on any atom is 0.435 e. The Morgan fingerprint density at radius 3 is 2.60 bits per heavy atom. The number of aliphatic imine (C=N–C) groups is 1. The number of amidine groups is 1. The van der Waals surface area contributed by atoms with Crippen molar-refractivity contribution < 1.29 is 28.7 Å². The van der Waals surface area contributed by atoms with E-state index in [1.165, 1.54) is 7.11 Å². The monoisotopic (exact) mass is 419 g/mol. The molecule has 11 nitrogen and oxygen atoms in total. The van der Waals surface area contributed by atoms with Crippen LogP contribution >= 0.6 is 0 Å². The van der Waals surface area contributed by atoms with Gasteiger partial charge in [0.05, 0.1) is 20.1 Å². The number of nitrogens with zero attached hydrogens (tertiary/aromatic N) is 2. The topological polar surface area (TPSA) is 152 Å². The molecular formula is C19H25N5O6. The van der Waals surface area contributed by atoms with Crippen molar-refractivity contribution in [3.63, 3.8) is 0 Å². The number of hydrogen-bond acceptors (Lipinski definition) is 6. The standard InChI is InChI=1S/C19H25N5O6/c1-3-30-15(25)8-10-21-18(27)22-14-9-11-24(17(14)26)13-6-4-12(5-7-13)16(20)23-19(28)29-2/h4-7,14H,3,8-11H2,1-2H3,(H2,20,23,28)(H2,21,22,27). The predicted octanol–water partition coefficient (Wildman–Crippen LogP) is 0.516. The van der Waals surface area contributed by atoms with Gasteiger partial charge in [0.25, 0.3) is 0 Å². The summed E-state index contributed by atoms with van der Waals surface area (Å²) in [5.74, 6) is -0.652. The summed E-state index contributed by atoms with van der Waals surface area (Å²) in [7, 11) is 1.20. The molecule has 162 valence electrons. The minimum atomic E-state index is -0.805. The van der Waals surface area contributed by atoms with Crippen LogP contribution in [0.15, 0.2) is 29.3 Å². The first kappa shape index (κ1) is 22.7. The number of benzene rings is 1. The molecule has 2 rings (SSSR count). The second kappa shape index (κ2) is 10.8. The first-order valence-electron chi connectivity index (χ1n) is 9.39.